The van der Waals surface area contributed by atoms with Gasteiger partial charge in [-0.05, 0) is 54.7 Å². The zero-order chi connectivity index (χ0) is 23.0. The first-order chi connectivity index (χ1) is 16.1. The number of anilines is 1. The summed E-state index contributed by atoms with van der Waals surface area (Å²) in [5.74, 6) is 1.93. The monoisotopic (exact) mass is 447 g/mol. The fraction of sp³-hybridized carbons (Fsp3) is 0.308. The Morgan fingerprint density at radius 1 is 1.18 bits per heavy atom. The van der Waals surface area contributed by atoms with E-state index < -0.39 is 0 Å². The molecule has 2 heterocycles. The lowest BCUT2D eigenvalue weighted by Crippen LogP contribution is -2.42. The topological polar surface area (TPSA) is 76.8 Å². The molecule has 1 N–H and O–H groups in total. The summed E-state index contributed by atoms with van der Waals surface area (Å²) in [6.45, 7) is 6.48. The van der Waals surface area contributed by atoms with Crippen LogP contribution in [0.4, 0.5) is 10.5 Å². The molecule has 0 saturated carbocycles. The Labute approximate surface area is 194 Å². The van der Waals surface area contributed by atoms with Gasteiger partial charge in [0.15, 0.2) is 0 Å². The predicted octanol–water partition coefficient (Wildman–Crippen LogP) is 5.40. The lowest BCUT2D eigenvalue weighted by molar-refractivity contribution is 0.198. The molecule has 4 rings (SSSR count). The fourth-order valence-corrected chi connectivity index (χ4v) is 3.85. The Balaban J connectivity index is 1.28. The molecule has 1 atom stereocenters. The summed E-state index contributed by atoms with van der Waals surface area (Å²) in [5.41, 5.74) is 4.15. The summed E-state index contributed by atoms with van der Waals surface area (Å²) >= 11 is 0. The van der Waals surface area contributed by atoms with Crippen molar-refractivity contribution in [1.29, 1.82) is 0 Å². The highest BCUT2D eigenvalue weighted by Gasteiger charge is 2.24. The number of piperidine rings is 1. The molecular weight excluding hydrogens is 418 g/mol. The van der Waals surface area contributed by atoms with Gasteiger partial charge in [0, 0.05) is 13.1 Å². The average Bonchev–Trinajstić information content (AvgIpc) is 3.31. The average molecular weight is 448 g/mol. The molecule has 0 aliphatic carbocycles. The third-order valence-electron chi connectivity index (χ3n) is 5.59. The number of hydrogen-bond donors (Lipinski definition) is 1. The normalized spacial score (nSPS) is 17.1. The molecule has 0 bridgehead atoms. The number of amides is 2. The van der Waals surface area contributed by atoms with E-state index in [4.69, 9.17) is 14.0 Å². The molecule has 1 aromatic heterocycles. The molecule has 7 heteroatoms. The van der Waals surface area contributed by atoms with Crippen molar-refractivity contribution < 1.29 is 18.8 Å². The molecule has 0 radical (unpaired) electrons. The number of aromatic nitrogens is 1. The Kier molecular flexibility index (Phi) is 7.29. The summed E-state index contributed by atoms with van der Waals surface area (Å²) in [5, 5.41) is 6.41. The summed E-state index contributed by atoms with van der Waals surface area (Å²) < 4.78 is 16.4. The molecule has 2 amide bonds. The molecule has 7 nitrogen and oxygen atoms in total. The summed E-state index contributed by atoms with van der Waals surface area (Å²) in [6.07, 6.45) is 5.93. The first kappa shape index (κ1) is 22.5. The van der Waals surface area contributed by atoms with Crippen molar-refractivity contribution >= 4 is 17.8 Å². The second kappa shape index (κ2) is 10.7. The maximum absolute atomic E-state index is 12.5. The molecule has 3 aromatic rings. The molecule has 1 aliphatic heterocycles. The fourth-order valence-electron chi connectivity index (χ4n) is 3.85. The van der Waals surface area contributed by atoms with Crippen LogP contribution in [0.1, 0.15) is 24.5 Å². The van der Waals surface area contributed by atoms with E-state index in [0.29, 0.717) is 32.0 Å². The third-order valence-corrected chi connectivity index (χ3v) is 5.59. The van der Waals surface area contributed by atoms with Crippen LogP contribution in [0.2, 0.25) is 0 Å². The summed E-state index contributed by atoms with van der Waals surface area (Å²) in [6, 6.07) is 15.9. The first-order valence-corrected chi connectivity index (χ1v) is 11.1. The Hall–Kier alpha value is -3.74. The second-order valence-corrected chi connectivity index (χ2v) is 8.25. The zero-order valence-electron chi connectivity index (χ0n) is 19.0. The van der Waals surface area contributed by atoms with Crippen LogP contribution in [0.5, 0.6) is 11.5 Å². The van der Waals surface area contributed by atoms with Gasteiger partial charge in [0.25, 0.3) is 0 Å². The molecule has 1 fully saturated rings. The number of likely N-dealkylation sites (tertiary alicyclic amines) is 1. The highest BCUT2D eigenvalue weighted by molar-refractivity contribution is 5.89. The maximum Gasteiger partial charge on any atom is 0.322 e. The standard InChI is InChI=1S/C26H29N3O4/c1-19-5-3-7-24(13-19)31-11-12-32-25-8-4-6-21(15-25)14-22-9-10-29(17-20(22)2)26(30)28-23-16-27-33-18-23/h3-8,13-16,18,20H,9-12,17H2,1-2H3,(H,28,30)/b22-14+. The lowest BCUT2D eigenvalue weighted by Gasteiger charge is -2.33. The van der Waals surface area contributed by atoms with Crippen LogP contribution in [0.15, 0.2) is 71.1 Å². The van der Waals surface area contributed by atoms with Crippen LogP contribution in [0.25, 0.3) is 6.08 Å². The van der Waals surface area contributed by atoms with Gasteiger partial charge in [-0.2, -0.15) is 0 Å². The number of rotatable bonds is 7. The van der Waals surface area contributed by atoms with Crippen molar-refractivity contribution in [3.63, 3.8) is 0 Å². The van der Waals surface area contributed by atoms with Gasteiger partial charge < -0.3 is 24.2 Å². The quantitative estimate of drug-likeness (QED) is 0.491. The van der Waals surface area contributed by atoms with Crippen molar-refractivity contribution in [2.45, 2.75) is 20.3 Å². The largest absolute Gasteiger partial charge is 0.490 e. The molecule has 172 valence electrons. The summed E-state index contributed by atoms with van der Waals surface area (Å²) in [7, 11) is 0. The number of urea groups is 1. The van der Waals surface area contributed by atoms with Gasteiger partial charge in [0.1, 0.15) is 36.7 Å². The number of carbonyl (C=O) groups excluding carboxylic acids is 1. The first-order valence-electron chi connectivity index (χ1n) is 11.1. The number of aryl methyl sites for hydroxylation is 1. The number of hydrogen-bond acceptors (Lipinski definition) is 5. The van der Waals surface area contributed by atoms with Crippen molar-refractivity contribution in [2.24, 2.45) is 5.92 Å². The Morgan fingerprint density at radius 2 is 1.94 bits per heavy atom. The molecule has 1 saturated heterocycles. The predicted molar refractivity (Wildman–Crippen MR) is 127 cm³/mol. The van der Waals surface area contributed by atoms with Gasteiger partial charge in [0.2, 0.25) is 0 Å². The van der Waals surface area contributed by atoms with Gasteiger partial charge in [-0.3, -0.25) is 0 Å². The smallest absolute Gasteiger partial charge is 0.322 e. The van der Waals surface area contributed by atoms with Crippen molar-refractivity contribution in [1.82, 2.24) is 10.1 Å². The van der Waals surface area contributed by atoms with E-state index in [1.807, 2.05) is 54.3 Å². The number of benzene rings is 2. The molecular formula is C26H29N3O4. The van der Waals surface area contributed by atoms with Crippen LogP contribution >= 0.6 is 0 Å². The van der Waals surface area contributed by atoms with Crippen molar-refractivity contribution in [2.75, 3.05) is 31.6 Å². The summed E-state index contributed by atoms with van der Waals surface area (Å²) in [4.78, 5) is 14.3. The van der Waals surface area contributed by atoms with Gasteiger partial charge in [0.05, 0.1) is 6.20 Å². The minimum atomic E-state index is -0.132. The van der Waals surface area contributed by atoms with E-state index in [9.17, 15) is 4.79 Å². The Bertz CT molecular complexity index is 1090. The van der Waals surface area contributed by atoms with Crippen LogP contribution < -0.4 is 14.8 Å². The minimum absolute atomic E-state index is 0.132. The van der Waals surface area contributed by atoms with Gasteiger partial charge >= 0.3 is 6.03 Å². The van der Waals surface area contributed by atoms with E-state index in [1.165, 1.54) is 23.6 Å². The third kappa shape index (κ3) is 6.38. The van der Waals surface area contributed by atoms with Crippen LogP contribution in [-0.4, -0.2) is 42.4 Å². The van der Waals surface area contributed by atoms with Crippen LogP contribution in [0.3, 0.4) is 0 Å². The highest BCUT2D eigenvalue weighted by Crippen LogP contribution is 2.26. The van der Waals surface area contributed by atoms with E-state index in [0.717, 1.165) is 23.5 Å². The van der Waals surface area contributed by atoms with Gasteiger partial charge in [-0.1, -0.05) is 48.0 Å². The van der Waals surface area contributed by atoms with Crippen molar-refractivity contribution in [3.8, 4) is 11.5 Å². The van der Waals surface area contributed by atoms with Crippen molar-refractivity contribution in [3.05, 3.63) is 77.7 Å². The van der Waals surface area contributed by atoms with Crippen LogP contribution in [0, 0.1) is 12.8 Å². The van der Waals surface area contributed by atoms with E-state index >= 15 is 0 Å². The van der Waals surface area contributed by atoms with Gasteiger partial charge in [-0.25, -0.2) is 4.79 Å². The van der Waals surface area contributed by atoms with E-state index in [-0.39, 0.29) is 11.9 Å². The number of ether oxygens (including phenoxy) is 2. The van der Waals surface area contributed by atoms with E-state index in [2.05, 4.69) is 29.5 Å². The highest BCUT2D eigenvalue weighted by atomic mass is 16.5. The minimum Gasteiger partial charge on any atom is -0.490 e. The van der Waals surface area contributed by atoms with Crippen LogP contribution in [-0.2, 0) is 0 Å². The zero-order valence-corrected chi connectivity index (χ0v) is 19.0. The molecule has 0 spiro atoms. The van der Waals surface area contributed by atoms with E-state index in [1.54, 1.807) is 0 Å². The second-order valence-electron chi connectivity index (χ2n) is 8.25. The molecule has 2 aromatic carbocycles. The maximum atomic E-state index is 12.5. The molecule has 33 heavy (non-hydrogen) atoms. The number of nitrogens with zero attached hydrogens (tertiary/aromatic N) is 2. The SMILES string of the molecule is Cc1cccc(OCCOc2cccc(/C=C3\CCN(C(=O)Nc4cnoc4)CC3C)c2)c1. The molecule has 1 aliphatic rings. The van der Waals surface area contributed by atoms with Gasteiger partial charge in [-0.15, -0.1) is 0 Å². The lowest BCUT2D eigenvalue weighted by atomic mass is 9.91. The number of nitrogens with one attached hydrogen (secondary N) is 1. The molecule has 1 unspecified atom stereocenters. The Morgan fingerprint density at radius 3 is 2.64 bits per heavy atom. The number of carbonyl (C=O) groups is 1.